The SMILES string of the molecule is NN=Nc1ccc(-c2c(S(=O)(=O)O)cc3cc(S(=O)(=O)O)cc(S(=O)(=O)O)c3c2-c2nc(F)nc(F)n2)c(NC(N)=O)c1. The number of carbonyl (C=O) groups is 1. The molecule has 0 radical (unpaired) electrons. The van der Waals surface area contributed by atoms with Crippen molar-refractivity contribution in [1.82, 2.24) is 15.0 Å². The van der Waals surface area contributed by atoms with Crippen LogP contribution in [-0.4, -0.2) is 59.9 Å². The van der Waals surface area contributed by atoms with E-state index in [9.17, 15) is 52.5 Å². The van der Waals surface area contributed by atoms with Crippen LogP contribution in [0.15, 0.2) is 61.4 Å². The van der Waals surface area contributed by atoms with Gasteiger partial charge in [0.25, 0.3) is 30.4 Å². The Balaban J connectivity index is 2.44. The molecular formula is C20H14F2N8O10S3. The summed E-state index contributed by atoms with van der Waals surface area (Å²) in [4.78, 5) is 17.4. The highest BCUT2D eigenvalue weighted by Gasteiger charge is 2.32. The summed E-state index contributed by atoms with van der Waals surface area (Å²) < 4.78 is 133. The number of fused-ring (bicyclic) bond motifs is 1. The molecule has 4 aromatic rings. The van der Waals surface area contributed by atoms with E-state index < -0.39 is 102 Å². The quantitative estimate of drug-likeness (QED) is 0.0713. The van der Waals surface area contributed by atoms with Crippen molar-refractivity contribution in [3.8, 4) is 22.5 Å². The lowest BCUT2D eigenvalue weighted by Gasteiger charge is -2.20. The van der Waals surface area contributed by atoms with Gasteiger partial charge in [-0.05, 0) is 35.7 Å². The Morgan fingerprint density at radius 3 is 1.93 bits per heavy atom. The molecule has 0 aliphatic heterocycles. The van der Waals surface area contributed by atoms with E-state index in [1.807, 2.05) is 0 Å². The maximum atomic E-state index is 14.3. The van der Waals surface area contributed by atoms with Crippen molar-refractivity contribution in [2.24, 2.45) is 21.9 Å². The van der Waals surface area contributed by atoms with Gasteiger partial charge >= 0.3 is 18.2 Å². The molecule has 226 valence electrons. The molecule has 2 amide bonds. The first kappa shape index (κ1) is 31.1. The number of amides is 2. The minimum Gasteiger partial charge on any atom is -0.351 e. The molecule has 0 atom stereocenters. The number of hydrogen-bond donors (Lipinski definition) is 6. The van der Waals surface area contributed by atoms with Crippen LogP contribution in [0.4, 0.5) is 25.0 Å². The summed E-state index contributed by atoms with van der Waals surface area (Å²) in [7, 11) is -16.3. The predicted octanol–water partition coefficient (Wildman–Crippen LogP) is 1.83. The van der Waals surface area contributed by atoms with Crippen molar-refractivity contribution in [2.75, 3.05) is 5.32 Å². The van der Waals surface area contributed by atoms with Crippen molar-refractivity contribution in [1.29, 1.82) is 0 Å². The van der Waals surface area contributed by atoms with Crippen LogP contribution in [0.2, 0.25) is 0 Å². The van der Waals surface area contributed by atoms with Gasteiger partial charge in [0.2, 0.25) is 0 Å². The number of carbonyl (C=O) groups excluding carboxylic acids is 1. The number of hydrogen-bond acceptors (Lipinski definition) is 12. The predicted molar refractivity (Wildman–Crippen MR) is 139 cm³/mol. The number of halogens is 2. The van der Waals surface area contributed by atoms with E-state index >= 15 is 0 Å². The molecule has 0 aliphatic carbocycles. The molecule has 0 saturated heterocycles. The van der Waals surface area contributed by atoms with Gasteiger partial charge in [0, 0.05) is 22.1 Å². The summed E-state index contributed by atoms with van der Waals surface area (Å²) in [5, 5.41) is 7.07. The van der Waals surface area contributed by atoms with Crippen LogP contribution >= 0.6 is 0 Å². The van der Waals surface area contributed by atoms with Crippen LogP contribution in [0.25, 0.3) is 33.3 Å². The van der Waals surface area contributed by atoms with Crippen molar-refractivity contribution in [2.45, 2.75) is 14.7 Å². The second-order valence-electron chi connectivity index (χ2n) is 8.20. The molecular weight excluding hydrogens is 646 g/mol. The fraction of sp³-hybridized carbons (Fsp3) is 0. The van der Waals surface area contributed by atoms with Gasteiger partial charge in [0.1, 0.15) is 9.79 Å². The van der Waals surface area contributed by atoms with Crippen LogP contribution in [0, 0.1) is 12.2 Å². The zero-order valence-electron chi connectivity index (χ0n) is 20.5. The van der Waals surface area contributed by atoms with Gasteiger partial charge in [0.15, 0.2) is 5.82 Å². The van der Waals surface area contributed by atoms with E-state index in [2.05, 4.69) is 30.6 Å². The summed E-state index contributed by atoms with van der Waals surface area (Å²) in [6.07, 6.45) is -3.62. The molecule has 1 heterocycles. The Kier molecular flexibility index (Phi) is 7.81. The molecule has 8 N–H and O–H groups in total. The number of urea groups is 1. The maximum absolute atomic E-state index is 14.3. The fourth-order valence-corrected chi connectivity index (χ4v) is 6.17. The van der Waals surface area contributed by atoms with E-state index in [1.54, 1.807) is 0 Å². The van der Waals surface area contributed by atoms with Gasteiger partial charge < -0.3 is 16.9 Å². The number of nitrogens with one attached hydrogen (secondary N) is 1. The highest BCUT2D eigenvalue weighted by atomic mass is 32.2. The van der Waals surface area contributed by atoms with E-state index in [1.165, 1.54) is 0 Å². The average Bonchev–Trinajstić information content (AvgIpc) is 2.84. The lowest BCUT2D eigenvalue weighted by molar-refractivity contribution is 0.259. The van der Waals surface area contributed by atoms with Gasteiger partial charge in [0.05, 0.1) is 16.3 Å². The normalized spacial score (nSPS) is 12.6. The number of anilines is 1. The number of aromatic nitrogens is 3. The largest absolute Gasteiger partial charge is 0.351 e. The average molecular weight is 661 g/mol. The Hall–Kier alpha value is -4.81. The molecule has 18 nitrogen and oxygen atoms in total. The Morgan fingerprint density at radius 2 is 1.42 bits per heavy atom. The molecule has 23 heteroatoms. The Labute approximate surface area is 238 Å². The second-order valence-corrected chi connectivity index (χ2v) is 12.4. The van der Waals surface area contributed by atoms with E-state index in [-0.39, 0.29) is 11.8 Å². The van der Waals surface area contributed by atoms with Gasteiger partial charge in [-0.15, -0.1) is 5.11 Å². The summed E-state index contributed by atoms with van der Waals surface area (Å²) >= 11 is 0. The molecule has 0 spiro atoms. The third-order valence-corrected chi connectivity index (χ3v) is 8.09. The van der Waals surface area contributed by atoms with Crippen molar-refractivity contribution in [3.05, 3.63) is 48.6 Å². The number of nitrogens with zero attached hydrogens (tertiary/aromatic N) is 5. The summed E-state index contributed by atoms with van der Waals surface area (Å²) in [5.41, 5.74) is 2.42. The van der Waals surface area contributed by atoms with E-state index in [0.717, 1.165) is 18.2 Å². The summed E-state index contributed by atoms with van der Waals surface area (Å²) in [6.45, 7) is 0. The third-order valence-electron chi connectivity index (χ3n) is 5.50. The molecule has 4 rings (SSSR count). The first-order valence-corrected chi connectivity index (χ1v) is 15.1. The standard InChI is InChI=1S/C20H14F2N8O10S3/c21-18-26-17(27-19(22)28-18)16-14-7(3-9(41(32,33)34)6-13(14)43(38,39)40)4-12(42(35,36)37)15(16)10-2-1-8(29-30-24)5-11(10)25-20(23)31/h1-6H,(H2,24,29)(H3,23,25,31)(H,32,33,34)(H,35,36,37)(H,38,39,40). The summed E-state index contributed by atoms with van der Waals surface area (Å²) in [6, 6.07) is 3.13. The van der Waals surface area contributed by atoms with Crippen LogP contribution in [0.1, 0.15) is 0 Å². The molecule has 0 bridgehead atoms. The molecule has 3 aromatic carbocycles. The lowest BCUT2D eigenvalue weighted by Crippen LogP contribution is -2.20. The number of benzene rings is 3. The van der Waals surface area contributed by atoms with Gasteiger partial charge in [-0.25, -0.2) is 4.79 Å². The van der Waals surface area contributed by atoms with E-state index in [4.69, 9.17) is 11.6 Å². The Bertz CT molecular complexity index is 2190. The highest BCUT2D eigenvalue weighted by Crippen LogP contribution is 2.47. The highest BCUT2D eigenvalue weighted by molar-refractivity contribution is 7.87. The van der Waals surface area contributed by atoms with Crippen molar-refractivity contribution >= 4 is 58.5 Å². The van der Waals surface area contributed by atoms with Crippen molar-refractivity contribution < 1.29 is 52.5 Å². The molecule has 0 aliphatic rings. The second kappa shape index (κ2) is 10.8. The van der Waals surface area contributed by atoms with Gasteiger partial charge in [-0.1, -0.05) is 11.3 Å². The molecule has 43 heavy (non-hydrogen) atoms. The topological polar surface area (TPSA) is 308 Å². The minimum absolute atomic E-state index is 0.0839. The number of nitrogens with two attached hydrogens (primary N) is 2. The Morgan fingerprint density at radius 1 is 0.814 bits per heavy atom. The first-order chi connectivity index (χ1) is 19.8. The minimum atomic E-state index is -5.53. The van der Waals surface area contributed by atoms with Gasteiger partial charge in [-0.2, -0.15) is 49.0 Å². The van der Waals surface area contributed by atoms with Crippen LogP contribution in [0.5, 0.6) is 0 Å². The molecule has 0 saturated carbocycles. The summed E-state index contributed by atoms with van der Waals surface area (Å²) in [5.74, 6) is 3.89. The zero-order valence-corrected chi connectivity index (χ0v) is 23.0. The van der Waals surface area contributed by atoms with Crippen LogP contribution in [-0.2, 0) is 30.4 Å². The molecule has 0 fully saturated rings. The number of primary amides is 1. The molecule has 0 unspecified atom stereocenters. The zero-order chi connectivity index (χ0) is 32.1. The smallest absolute Gasteiger partial charge is 0.316 e. The van der Waals surface area contributed by atoms with Crippen molar-refractivity contribution in [3.63, 3.8) is 0 Å². The fourth-order valence-electron chi connectivity index (χ4n) is 4.05. The van der Waals surface area contributed by atoms with Gasteiger partial charge in [-0.3, -0.25) is 13.7 Å². The first-order valence-electron chi connectivity index (χ1n) is 10.8. The van der Waals surface area contributed by atoms with E-state index in [0.29, 0.717) is 12.1 Å². The van der Waals surface area contributed by atoms with Crippen LogP contribution < -0.4 is 16.9 Å². The monoisotopic (exact) mass is 660 g/mol. The lowest BCUT2D eigenvalue weighted by atomic mass is 9.92. The molecule has 1 aromatic heterocycles. The number of rotatable bonds is 7. The maximum Gasteiger partial charge on any atom is 0.316 e. The van der Waals surface area contributed by atoms with Crippen LogP contribution in [0.3, 0.4) is 0 Å². The third kappa shape index (κ3) is 6.35.